The molecular weight excluding hydrogens is 578 g/mol. The molecule has 10 nitrogen and oxygen atoms in total. The van der Waals surface area contributed by atoms with E-state index in [1.807, 2.05) is 6.92 Å². The number of carbonyl (C=O) groups is 4. The van der Waals surface area contributed by atoms with Gasteiger partial charge in [0.1, 0.15) is 23.7 Å². The van der Waals surface area contributed by atoms with E-state index in [0.29, 0.717) is 24.1 Å². The van der Waals surface area contributed by atoms with Crippen LogP contribution in [0.15, 0.2) is 59.5 Å². The summed E-state index contributed by atoms with van der Waals surface area (Å²) in [4.78, 5) is 49.5. The lowest BCUT2D eigenvalue weighted by atomic mass is 10.00. The molecule has 1 amide bonds. The summed E-state index contributed by atoms with van der Waals surface area (Å²) in [6.07, 6.45) is 1.71. The Morgan fingerprint density at radius 3 is 2.24 bits per heavy atom. The molecule has 1 aliphatic heterocycles. The van der Waals surface area contributed by atoms with E-state index >= 15 is 0 Å². The number of benzene rings is 2. The maximum absolute atomic E-state index is 13.4. The molecule has 1 saturated heterocycles. The number of ketones is 2. The summed E-state index contributed by atoms with van der Waals surface area (Å²) in [6.45, 7) is 3.41. The number of nitrogens with one attached hydrogen (secondary N) is 2. The van der Waals surface area contributed by atoms with Crippen LogP contribution in [0.25, 0.3) is 0 Å². The van der Waals surface area contributed by atoms with E-state index in [0.717, 1.165) is 5.56 Å². The van der Waals surface area contributed by atoms with Crippen molar-refractivity contribution in [1.29, 1.82) is 5.41 Å². The van der Waals surface area contributed by atoms with Gasteiger partial charge in [-0.25, -0.2) is 13.2 Å². The van der Waals surface area contributed by atoms with E-state index in [9.17, 15) is 32.7 Å². The van der Waals surface area contributed by atoms with Gasteiger partial charge in [-0.2, -0.15) is 4.31 Å². The number of sulfonamides is 1. The van der Waals surface area contributed by atoms with Crippen LogP contribution in [0.4, 0.5) is 0 Å². The van der Waals surface area contributed by atoms with Crippen LogP contribution in [0.2, 0.25) is 0 Å². The number of hydrogen-bond donors (Lipinski definition) is 3. The molecular formula is C30H37N3O7S2. The first-order chi connectivity index (χ1) is 19.9. The van der Waals surface area contributed by atoms with Crippen molar-refractivity contribution in [2.45, 2.75) is 81.1 Å². The standard InChI is InChI=1S/C30H37N3O7S2/c1-3-28-33(42(39,40)25-10-5-4-6-11-25)27(19-41-28)29(36)32-26(30(37)38)18-22-14-12-21(13-15-22)17-24(35)9-7-8-23(34)16-20(2)31/h4-6,10-15,26-28,31H,3,7-9,16-19H2,1-2H3,(H,32,36)(H,37,38)/t26?,27-,28?/m0/s1. The molecule has 2 unspecified atom stereocenters. The van der Waals surface area contributed by atoms with E-state index in [1.54, 1.807) is 49.4 Å². The second-order valence-corrected chi connectivity index (χ2v) is 13.4. The summed E-state index contributed by atoms with van der Waals surface area (Å²) in [6, 6.07) is 12.4. The molecule has 0 spiro atoms. The summed E-state index contributed by atoms with van der Waals surface area (Å²) in [5.74, 6) is -1.77. The molecule has 0 aliphatic carbocycles. The Kier molecular flexibility index (Phi) is 12.0. The van der Waals surface area contributed by atoms with Crippen LogP contribution in [0.5, 0.6) is 0 Å². The van der Waals surface area contributed by atoms with Crippen LogP contribution in [0.1, 0.15) is 57.1 Å². The zero-order valence-corrected chi connectivity index (χ0v) is 25.4. The van der Waals surface area contributed by atoms with Crippen molar-refractivity contribution in [1.82, 2.24) is 9.62 Å². The third-order valence-electron chi connectivity index (χ3n) is 6.86. The Hall–Kier alpha value is -3.35. The molecule has 3 N–H and O–H groups in total. The predicted molar refractivity (Wildman–Crippen MR) is 161 cm³/mol. The van der Waals surface area contributed by atoms with Crippen LogP contribution in [0, 0.1) is 5.41 Å². The van der Waals surface area contributed by atoms with Gasteiger partial charge in [0.2, 0.25) is 15.9 Å². The van der Waals surface area contributed by atoms with Gasteiger partial charge >= 0.3 is 5.97 Å². The van der Waals surface area contributed by atoms with Crippen molar-refractivity contribution in [3.8, 4) is 0 Å². The number of carboxylic acid groups (broad SMARTS) is 1. The molecule has 1 fully saturated rings. The third kappa shape index (κ3) is 9.07. The number of nitrogens with zero attached hydrogens (tertiary/aromatic N) is 1. The molecule has 3 rings (SSSR count). The van der Waals surface area contributed by atoms with Gasteiger partial charge in [-0.05, 0) is 43.0 Å². The van der Waals surface area contributed by atoms with Gasteiger partial charge in [-0.3, -0.25) is 14.4 Å². The summed E-state index contributed by atoms with van der Waals surface area (Å²) in [5, 5.41) is 19.3. The molecule has 42 heavy (non-hydrogen) atoms. The number of hydrogen-bond acceptors (Lipinski definition) is 8. The van der Waals surface area contributed by atoms with Gasteiger partial charge in [0, 0.05) is 43.6 Å². The van der Waals surface area contributed by atoms with E-state index in [4.69, 9.17) is 5.41 Å². The minimum Gasteiger partial charge on any atom is -0.480 e. The zero-order valence-electron chi connectivity index (χ0n) is 23.7. The Balaban J connectivity index is 1.61. The highest BCUT2D eigenvalue weighted by Gasteiger charge is 2.46. The number of carboxylic acids is 1. The van der Waals surface area contributed by atoms with E-state index in [2.05, 4.69) is 5.32 Å². The molecule has 2 aromatic carbocycles. The van der Waals surface area contributed by atoms with Crippen molar-refractivity contribution >= 4 is 50.9 Å². The minimum absolute atomic E-state index is 0.0207. The van der Waals surface area contributed by atoms with Crippen LogP contribution in [0.3, 0.4) is 0 Å². The number of aliphatic carboxylic acids is 1. The lowest BCUT2D eigenvalue weighted by Crippen LogP contribution is -2.53. The van der Waals surface area contributed by atoms with Crippen molar-refractivity contribution in [3.05, 3.63) is 65.7 Å². The Bertz CT molecular complexity index is 1400. The van der Waals surface area contributed by atoms with Gasteiger partial charge in [-0.1, -0.05) is 49.4 Å². The number of carbonyl (C=O) groups excluding carboxylic acids is 3. The molecule has 0 bridgehead atoms. The fourth-order valence-electron chi connectivity index (χ4n) is 4.76. The fraction of sp³-hybridized carbons (Fsp3) is 0.433. The number of amides is 1. The van der Waals surface area contributed by atoms with Gasteiger partial charge < -0.3 is 15.8 Å². The highest BCUT2D eigenvalue weighted by atomic mass is 32.2. The van der Waals surface area contributed by atoms with E-state index in [1.165, 1.54) is 28.2 Å². The van der Waals surface area contributed by atoms with Crippen LogP contribution >= 0.6 is 11.8 Å². The molecule has 226 valence electrons. The summed E-state index contributed by atoms with van der Waals surface area (Å²) < 4.78 is 28.1. The zero-order chi connectivity index (χ0) is 30.9. The van der Waals surface area contributed by atoms with Gasteiger partial charge in [0.25, 0.3) is 0 Å². The molecule has 1 heterocycles. The molecule has 0 saturated carbocycles. The highest BCUT2D eigenvalue weighted by Crippen LogP contribution is 2.36. The highest BCUT2D eigenvalue weighted by molar-refractivity contribution is 8.01. The van der Waals surface area contributed by atoms with Gasteiger partial charge in [0.15, 0.2) is 0 Å². The second-order valence-electron chi connectivity index (χ2n) is 10.3. The first-order valence-corrected chi connectivity index (χ1v) is 16.3. The molecule has 0 aromatic heterocycles. The monoisotopic (exact) mass is 615 g/mol. The van der Waals surface area contributed by atoms with Gasteiger partial charge in [-0.15, -0.1) is 11.8 Å². The Morgan fingerprint density at radius 2 is 1.64 bits per heavy atom. The third-order valence-corrected chi connectivity index (χ3v) is 10.4. The quantitative estimate of drug-likeness (QED) is 0.241. The first-order valence-electron chi connectivity index (χ1n) is 13.8. The van der Waals surface area contributed by atoms with Crippen molar-refractivity contribution < 1.29 is 32.7 Å². The molecule has 1 aliphatic rings. The molecule has 12 heteroatoms. The number of thioether (sulfide) groups is 1. The minimum atomic E-state index is -3.99. The smallest absolute Gasteiger partial charge is 0.326 e. The predicted octanol–water partition coefficient (Wildman–Crippen LogP) is 3.62. The van der Waals surface area contributed by atoms with E-state index in [-0.39, 0.29) is 54.3 Å². The largest absolute Gasteiger partial charge is 0.480 e. The Labute approximate surface area is 250 Å². The average molecular weight is 616 g/mol. The van der Waals surface area contributed by atoms with Crippen molar-refractivity contribution in [2.75, 3.05) is 5.75 Å². The molecule has 2 aromatic rings. The molecule has 0 radical (unpaired) electrons. The van der Waals surface area contributed by atoms with Crippen molar-refractivity contribution in [3.63, 3.8) is 0 Å². The van der Waals surface area contributed by atoms with E-state index < -0.39 is 39.4 Å². The van der Waals surface area contributed by atoms with Crippen LogP contribution in [-0.2, 0) is 42.0 Å². The lowest BCUT2D eigenvalue weighted by molar-refractivity contribution is -0.142. The lowest BCUT2D eigenvalue weighted by Gasteiger charge is -2.28. The maximum Gasteiger partial charge on any atom is 0.326 e. The van der Waals surface area contributed by atoms with Crippen LogP contribution < -0.4 is 5.32 Å². The first kappa shape index (κ1) is 33.2. The number of Topliss-reactive ketones (excluding diaryl/α,β-unsaturated/α-hetero) is 2. The topological polar surface area (TPSA) is 162 Å². The summed E-state index contributed by atoms with van der Waals surface area (Å²) >= 11 is 1.35. The SMILES string of the molecule is CCC1SC[C@@H](C(=O)NC(Cc2ccc(CC(=O)CCCC(=O)CC(C)=N)cc2)C(=O)O)N1S(=O)(=O)c1ccccc1. The Morgan fingerprint density at radius 1 is 1.02 bits per heavy atom. The van der Waals surface area contributed by atoms with Crippen LogP contribution in [-0.4, -0.2) is 70.2 Å². The number of rotatable bonds is 16. The molecule has 3 atom stereocenters. The fourth-order valence-corrected chi connectivity index (χ4v) is 8.33. The second kappa shape index (κ2) is 15.2. The average Bonchev–Trinajstić information content (AvgIpc) is 3.39. The normalized spacial score (nSPS) is 17.9. The summed E-state index contributed by atoms with van der Waals surface area (Å²) in [5.41, 5.74) is 1.68. The van der Waals surface area contributed by atoms with Gasteiger partial charge in [0.05, 0.1) is 10.3 Å². The summed E-state index contributed by atoms with van der Waals surface area (Å²) in [7, 11) is -3.99. The maximum atomic E-state index is 13.4. The van der Waals surface area contributed by atoms with Crippen molar-refractivity contribution in [2.24, 2.45) is 0 Å².